The highest BCUT2D eigenvalue weighted by molar-refractivity contribution is 6.32. The third-order valence-corrected chi connectivity index (χ3v) is 4.10. The summed E-state index contributed by atoms with van der Waals surface area (Å²) < 4.78 is 0. The number of nitriles is 1. The van der Waals surface area contributed by atoms with E-state index in [1.54, 1.807) is 12.1 Å². The fraction of sp³-hybridized carbons (Fsp3) is 0.500. The van der Waals surface area contributed by atoms with Gasteiger partial charge in [0.25, 0.3) is 0 Å². The molecule has 1 aromatic carbocycles. The number of benzene rings is 1. The van der Waals surface area contributed by atoms with Crippen LogP contribution in [-0.4, -0.2) is 23.3 Å². The van der Waals surface area contributed by atoms with Crippen LogP contribution < -0.4 is 4.90 Å². The molecule has 0 unspecified atom stereocenters. The molecule has 3 nitrogen and oxygen atoms in total. The normalized spacial score (nSPS) is 13.5. The number of anilines is 1. The Balaban J connectivity index is 3.00. The number of aliphatic hydroxyl groups excluding tert-OH is 1. The number of rotatable bonds is 7. The molecule has 0 aliphatic carbocycles. The van der Waals surface area contributed by atoms with Gasteiger partial charge in [0.15, 0.2) is 0 Å². The molecule has 0 aliphatic rings. The zero-order valence-corrected chi connectivity index (χ0v) is 14.6. The van der Waals surface area contributed by atoms with Crippen LogP contribution in [0.2, 0.25) is 5.02 Å². The average Bonchev–Trinajstić information content (AvgIpc) is 2.44. The lowest BCUT2D eigenvalue weighted by molar-refractivity contribution is 0.134. The van der Waals surface area contributed by atoms with Crippen molar-refractivity contribution in [1.29, 1.82) is 5.26 Å². The Labute approximate surface area is 138 Å². The summed E-state index contributed by atoms with van der Waals surface area (Å²) in [5, 5.41) is 19.9. The van der Waals surface area contributed by atoms with Gasteiger partial charge in [-0.2, -0.15) is 5.26 Å². The Morgan fingerprint density at radius 3 is 2.50 bits per heavy atom. The third kappa shape index (κ3) is 4.76. The summed E-state index contributed by atoms with van der Waals surface area (Å²) in [6.45, 7) is 12.0. The summed E-state index contributed by atoms with van der Waals surface area (Å²) in [5.41, 5.74) is 2.45. The van der Waals surface area contributed by atoms with Crippen LogP contribution in [0.1, 0.15) is 46.1 Å². The monoisotopic (exact) mass is 320 g/mol. The Bertz CT molecular complexity index is 563. The second kappa shape index (κ2) is 8.22. The fourth-order valence-corrected chi connectivity index (χ4v) is 2.80. The van der Waals surface area contributed by atoms with Gasteiger partial charge in [0, 0.05) is 11.7 Å². The van der Waals surface area contributed by atoms with Gasteiger partial charge in [-0.3, -0.25) is 0 Å². The summed E-state index contributed by atoms with van der Waals surface area (Å²) in [7, 11) is 0. The van der Waals surface area contributed by atoms with E-state index < -0.39 is 6.10 Å². The van der Waals surface area contributed by atoms with Crippen molar-refractivity contribution in [2.24, 2.45) is 0 Å². The average molecular weight is 321 g/mol. The van der Waals surface area contributed by atoms with Crippen LogP contribution in [0.4, 0.5) is 5.69 Å². The van der Waals surface area contributed by atoms with E-state index in [0.29, 0.717) is 17.0 Å². The smallest absolute Gasteiger partial charge is 0.101 e. The highest BCUT2D eigenvalue weighted by Crippen LogP contribution is 2.28. The molecule has 1 rings (SSSR count). The van der Waals surface area contributed by atoms with Crippen LogP contribution in [-0.2, 0) is 0 Å². The van der Waals surface area contributed by atoms with E-state index in [1.807, 2.05) is 19.9 Å². The number of hydrogen-bond donors (Lipinski definition) is 1. The van der Waals surface area contributed by atoms with E-state index in [1.165, 1.54) is 0 Å². The SMILES string of the molecule is C=C(C)CC[C@H](O)[C@H](C)N(c1ccc(C#N)c(Cl)c1)C(C)C. The number of nitrogens with zero attached hydrogens (tertiary/aromatic N) is 2. The molecule has 120 valence electrons. The first-order chi connectivity index (χ1) is 10.3. The van der Waals surface area contributed by atoms with Crippen LogP contribution in [0.25, 0.3) is 0 Å². The van der Waals surface area contributed by atoms with Gasteiger partial charge < -0.3 is 10.0 Å². The van der Waals surface area contributed by atoms with E-state index in [4.69, 9.17) is 16.9 Å². The van der Waals surface area contributed by atoms with Gasteiger partial charge in [-0.15, -0.1) is 6.58 Å². The van der Waals surface area contributed by atoms with Crippen LogP contribution >= 0.6 is 11.6 Å². The predicted octanol–water partition coefficient (Wildman–Crippen LogP) is 4.53. The molecule has 1 aromatic rings. The Hall–Kier alpha value is -1.50. The molecule has 2 atom stereocenters. The van der Waals surface area contributed by atoms with Crippen LogP contribution in [0, 0.1) is 11.3 Å². The molecule has 0 heterocycles. The maximum Gasteiger partial charge on any atom is 0.101 e. The molecule has 4 heteroatoms. The first-order valence-corrected chi connectivity index (χ1v) is 7.96. The lowest BCUT2D eigenvalue weighted by Gasteiger charge is -2.38. The highest BCUT2D eigenvalue weighted by Gasteiger charge is 2.24. The fourth-order valence-electron chi connectivity index (χ4n) is 2.58. The molecular formula is C18H25ClN2O. The van der Waals surface area contributed by atoms with Crippen molar-refractivity contribution >= 4 is 17.3 Å². The summed E-state index contributed by atoms with van der Waals surface area (Å²) in [5.74, 6) is 0. The minimum atomic E-state index is -0.450. The standard InChI is InChI=1S/C18H25ClN2O/c1-12(2)6-9-18(22)14(5)21(13(3)4)16-8-7-15(11-20)17(19)10-16/h7-8,10,13-14,18,22H,1,6,9H2,2-5H3/t14-,18-/m0/s1. The maximum atomic E-state index is 10.4. The molecule has 0 spiro atoms. The molecule has 0 aromatic heterocycles. The largest absolute Gasteiger partial charge is 0.391 e. The summed E-state index contributed by atoms with van der Waals surface area (Å²) in [4.78, 5) is 2.14. The first-order valence-electron chi connectivity index (χ1n) is 7.58. The Morgan fingerprint density at radius 1 is 1.41 bits per heavy atom. The molecule has 0 radical (unpaired) electrons. The van der Waals surface area contributed by atoms with Gasteiger partial charge in [0.2, 0.25) is 0 Å². The number of allylic oxidation sites excluding steroid dienone is 1. The van der Waals surface area contributed by atoms with Gasteiger partial charge >= 0.3 is 0 Å². The predicted molar refractivity (Wildman–Crippen MR) is 93.3 cm³/mol. The second-order valence-electron chi connectivity index (χ2n) is 6.08. The number of halogens is 1. The van der Waals surface area contributed by atoms with Gasteiger partial charge in [-0.25, -0.2) is 0 Å². The first kappa shape index (κ1) is 18.5. The van der Waals surface area contributed by atoms with Crippen molar-refractivity contribution in [1.82, 2.24) is 0 Å². The summed E-state index contributed by atoms with van der Waals surface area (Å²) >= 11 is 6.14. The molecule has 0 amide bonds. The summed E-state index contributed by atoms with van der Waals surface area (Å²) in [6.07, 6.45) is 1.04. The molecule has 0 saturated heterocycles. The molecular weight excluding hydrogens is 296 g/mol. The maximum absolute atomic E-state index is 10.4. The Kier molecular flexibility index (Phi) is 6.93. The van der Waals surface area contributed by atoms with Crippen molar-refractivity contribution in [2.45, 2.75) is 58.7 Å². The second-order valence-corrected chi connectivity index (χ2v) is 6.49. The van der Waals surface area contributed by atoms with Gasteiger partial charge in [-0.1, -0.05) is 17.2 Å². The van der Waals surface area contributed by atoms with E-state index in [2.05, 4.69) is 31.4 Å². The topological polar surface area (TPSA) is 47.3 Å². The van der Waals surface area contributed by atoms with Crippen LogP contribution in [0.15, 0.2) is 30.4 Å². The van der Waals surface area contributed by atoms with Crippen molar-refractivity contribution < 1.29 is 5.11 Å². The molecule has 0 aliphatic heterocycles. The summed E-state index contributed by atoms with van der Waals surface area (Å²) in [6, 6.07) is 7.62. The van der Waals surface area contributed by atoms with Crippen molar-refractivity contribution in [2.75, 3.05) is 4.90 Å². The minimum Gasteiger partial charge on any atom is -0.391 e. The lowest BCUT2D eigenvalue weighted by Crippen LogP contribution is -2.45. The van der Waals surface area contributed by atoms with Gasteiger partial charge in [0.05, 0.1) is 22.7 Å². The van der Waals surface area contributed by atoms with Crippen LogP contribution in [0.3, 0.4) is 0 Å². The van der Waals surface area contributed by atoms with E-state index in [-0.39, 0.29) is 12.1 Å². The lowest BCUT2D eigenvalue weighted by atomic mass is 10.0. The quantitative estimate of drug-likeness (QED) is 0.751. The van der Waals surface area contributed by atoms with Gasteiger partial charge in [0.1, 0.15) is 6.07 Å². The van der Waals surface area contributed by atoms with Crippen LogP contribution in [0.5, 0.6) is 0 Å². The molecule has 1 N–H and O–H groups in total. The Morgan fingerprint density at radius 2 is 2.05 bits per heavy atom. The molecule has 0 bridgehead atoms. The van der Waals surface area contributed by atoms with Crippen molar-refractivity contribution in [3.05, 3.63) is 40.9 Å². The minimum absolute atomic E-state index is 0.0525. The zero-order chi connectivity index (χ0) is 16.9. The zero-order valence-electron chi connectivity index (χ0n) is 13.8. The van der Waals surface area contributed by atoms with Crippen molar-refractivity contribution in [3.8, 4) is 6.07 Å². The van der Waals surface area contributed by atoms with E-state index in [9.17, 15) is 5.11 Å². The molecule has 0 fully saturated rings. The van der Waals surface area contributed by atoms with Gasteiger partial charge in [-0.05, 0) is 58.7 Å². The number of hydrogen-bond acceptors (Lipinski definition) is 3. The third-order valence-electron chi connectivity index (χ3n) is 3.79. The van der Waals surface area contributed by atoms with Crippen molar-refractivity contribution in [3.63, 3.8) is 0 Å². The van der Waals surface area contributed by atoms with E-state index >= 15 is 0 Å². The van der Waals surface area contributed by atoms with E-state index in [0.717, 1.165) is 17.7 Å². The number of aliphatic hydroxyl groups is 1. The molecule has 22 heavy (non-hydrogen) atoms. The molecule has 0 saturated carbocycles. The highest BCUT2D eigenvalue weighted by atomic mass is 35.5.